The summed E-state index contributed by atoms with van der Waals surface area (Å²) in [6.07, 6.45) is -2.95. The summed E-state index contributed by atoms with van der Waals surface area (Å²) in [5, 5.41) is 4.36. The molecule has 2 aromatic carbocycles. The van der Waals surface area contributed by atoms with Crippen LogP contribution in [0.25, 0.3) is 32.9 Å². The van der Waals surface area contributed by atoms with E-state index >= 15 is 13.2 Å². The van der Waals surface area contributed by atoms with E-state index < -0.39 is 41.5 Å². The summed E-state index contributed by atoms with van der Waals surface area (Å²) in [6.45, 7) is 8.76. The van der Waals surface area contributed by atoms with Crippen LogP contribution in [-0.2, 0) is 18.0 Å². The summed E-state index contributed by atoms with van der Waals surface area (Å²) in [4.78, 5) is 36.7. The molecule has 0 saturated carbocycles. The lowest BCUT2D eigenvalue weighted by atomic mass is 9.94. The van der Waals surface area contributed by atoms with E-state index in [1.807, 2.05) is 18.7 Å². The second kappa shape index (κ2) is 11.9. The molecule has 2 saturated heterocycles. The van der Waals surface area contributed by atoms with Crippen molar-refractivity contribution in [2.45, 2.75) is 55.6 Å². The number of alkyl halides is 4. The molecule has 4 aromatic rings. The minimum Gasteiger partial charge on any atom is -0.349 e. The number of rotatable bonds is 5. The van der Waals surface area contributed by atoms with Crippen molar-refractivity contribution in [2.75, 3.05) is 43.4 Å². The molecule has 15 heteroatoms. The summed E-state index contributed by atoms with van der Waals surface area (Å²) >= 11 is 1.21. The molecule has 48 heavy (non-hydrogen) atoms. The second-order valence-corrected chi connectivity index (χ2v) is 13.9. The number of piperazine rings is 1. The fourth-order valence-corrected chi connectivity index (χ4v) is 8.81. The Morgan fingerprint density at radius 1 is 1.12 bits per heavy atom. The van der Waals surface area contributed by atoms with Crippen molar-refractivity contribution in [3.05, 3.63) is 58.9 Å². The van der Waals surface area contributed by atoms with Crippen LogP contribution < -0.4 is 10.6 Å². The summed E-state index contributed by atoms with van der Waals surface area (Å²) in [5.74, 6) is -0.531. The van der Waals surface area contributed by atoms with Crippen LogP contribution in [0.1, 0.15) is 31.9 Å². The van der Waals surface area contributed by atoms with Crippen LogP contribution in [0.15, 0.2) is 46.7 Å². The Labute approximate surface area is 277 Å². The molecule has 2 aromatic heterocycles. The smallest absolute Gasteiger partial charge is 0.349 e. The van der Waals surface area contributed by atoms with E-state index in [-0.39, 0.29) is 75.5 Å². The van der Waals surface area contributed by atoms with Crippen molar-refractivity contribution in [3.63, 3.8) is 0 Å². The number of carbonyl (C=O) groups is 1. The molecule has 5 heterocycles. The predicted octanol–water partition coefficient (Wildman–Crippen LogP) is 5.41. The lowest BCUT2D eigenvalue weighted by Gasteiger charge is -2.45. The van der Waals surface area contributed by atoms with Crippen LogP contribution in [0.3, 0.4) is 0 Å². The third-order valence-corrected chi connectivity index (χ3v) is 11.0. The summed E-state index contributed by atoms with van der Waals surface area (Å²) in [7, 11) is 1.54. The van der Waals surface area contributed by atoms with Gasteiger partial charge < -0.3 is 9.80 Å². The van der Waals surface area contributed by atoms with Crippen LogP contribution in [0.5, 0.6) is 0 Å². The number of halogens is 5. The number of likely N-dealkylation sites (tertiary alicyclic amines) is 1. The lowest BCUT2D eigenvalue weighted by molar-refractivity contribution is -0.137. The van der Waals surface area contributed by atoms with Gasteiger partial charge in [0.25, 0.3) is 0 Å². The van der Waals surface area contributed by atoms with E-state index in [4.69, 9.17) is 0 Å². The first-order valence-electron chi connectivity index (χ1n) is 15.8. The first-order chi connectivity index (χ1) is 22.8. The largest absolute Gasteiger partial charge is 0.417 e. The number of hydrogen-bond donors (Lipinski definition) is 0. The van der Waals surface area contributed by atoms with Crippen LogP contribution in [0, 0.1) is 5.82 Å². The number of anilines is 1. The maximum atomic E-state index is 15.3. The molecular formula is C33H34F5N7O2S. The minimum atomic E-state index is -4.84. The maximum absolute atomic E-state index is 15.3. The zero-order chi connectivity index (χ0) is 34.2. The average Bonchev–Trinajstić information content (AvgIpc) is 3.64. The normalized spacial score (nSPS) is 23.4. The highest BCUT2D eigenvalue weighted by molar-refractivity contribution is 7.99. The third kappa shape index (κ3) is 5.25. The number of fused-ring (bicyclic) bond motifs is 1. The van der Waals surface area contributed by atoms with Crippen molar-refractivity contribution in [1.82, 2.24) is 29.1 Å². The molecule has 1 amide bonds. The summed E-state index contributed by atoms with van der Waals surface area (Å²) in [5.41, 5.74) is -1.10. The Hall–Kier alpha value is -3.98. The number of thioether (sulfide) groups is 1. The van der Waals surface area contributed by atoms with E-state index in [0.29, 0.717) is 25.0 Å². The number of hydrogen-bond acceptors (Lipinski definition) is 7. The molecular weight excluding hydrogens is 653 g/mol. The molecule has 0 bridgehead atoms. The Kier molecular flexibility index (Phi) is 8.05. The van der Waals surface area contributed by atoms with Gasteiger partial charge in [0.15, 0.2) is 0 Å². The highest BCUT2D eigenvalue weighted by Gasteiger charge is 2.41. The highest BCUT2D eigenvalue weighted by Crippen LogP contribution is 2.51. The SMILES string of the molecule is C=CC(=O)N1C[C@H](C)N(c2nc(=O)n3c4c(c(-c5ccc(F)c6cnn(C)c56)c(C(F)(F)F)cc24)SCC3CN2CCC(F)C2)C[C@H]1C. The molecule has 0 radical (unpaired) electrons. The van der Waals surface area contributed by atoms with Crippen molar-refractivity contribution in [2.24, 2.45) is 7.05 Å². The zero-order valence-electron chi connectivity index (χ0n) is 26.6. The minimum absolute atomic E-state index is 0.0754. The Bertz CT molecular complexity index is 2030. The molecule has 0 aliphatic carbocycles. The average molecular weight is 688 g/mol. The van der Waals surface area contributed by atoms with E-state index in [2.05, 4.69) is 16.7 Å². The zero-order valence-corrected chi connectivity index (χ0v) is 27.4. The topological polar surface area (TPSA) is 79.5 Å². The number of benzene rings is 2. The fraction of sp³-hybridized carbons (Fsp3) is 0.455. The van der Waals surface area contributed by atoms with Crippen LogP contribution in [0.2, 0.25) is 0 Å². The fourth-order valence-electron chi connectivity index (χ4n) is 7.49. The van der Waals surface area contributed by atoms with Crippen molar-refractivity contribution in [3.8, 4) is 11.1 Å². The molecule has 0 N–H and O–H groups in total. The van der Waals surface area contributed by atoms with E-state index in [1.165, 1.54) is 39.4 Å². The van der Waals surface area contributed by atoms with Gasteiger partial charge in [0, 0.05) is 79.0 Å². The monoisotopic (exact) mass is 687 g/mol. The molecule has 0 spiro atoms. The van der Waals surface area contributed by atoms with Crippen LogP contribution >= 0.6 is 11.8 Å². The number of aryl methyl sites for hydroxylation is 1. The number of carbonyl (C=O) groups excluding carboxylic acids is 1. The van der Waals surface area contributed by atoms with Crippen molar-refractivity contribution >= 4 is 45.3 Å². The van der Waals surface area contributed by atoms with Crippen LogP contribution in [0.4, 0.5) is 27.8 Å². The van der Waals surface area contributed by atoms with Gasteiger partial charge in [-0.1, -0.05) is 6.58 Å². The number of aromatic nitrogens is 4. The van der Waals surface area contributed by atoms with Gasteiger partial charge in [-0.3, -0.25) is 18.9 Å². The highest BCUT2D eigenvalue weighted by atomic mass is 32.2. The maximum Gasteiger partial charge on any atom is 0.417 e. The molecule has 7 rings (SSSR count). The van der Waals surface area contributed by atoms with Crippen LogP contribution in [-0.4, -0.2) is 91.8 Å². The Morgan fingerprint density at radius 2 is 1.90 bits per heavy atom. The number of amides is 1. The molecule has 3 aliphatic heterocycles. The van der Waals surface area contributed by atoms with E-state index in [1.54, 1.807) is 16.8 Å². The standard InChI is InChI=1S/C33H34F5N7O2S/c1-5-26(46)43-12-18(3)44(13-17(43)2)31-22-10-24(33(36,37)38)27(21-6-7-25(35)23-11-39-41(4)28(21)23)30-29(22)45(32(47)40-31)20(16-48-30)15-42-9-8-19(34)14-42/h5-7,10-11,17-20H,1,8-9,12-16H2,2-4H3/t17-,18+,19?,20?/m1/s1. The molecule has 254 valence electrons. The molecule has 9 nitrogen and oxygen atoms in total. The second-order valence-electron chi connectivity index (χ2n) is 12.9. The van der Waals surface area contributed by atoms with Gasteiger partial charge in [0.1, 0.15) is 17.8 Å². The first kappa shape index (κ1) is 32.6. The van der Waals surface area contributed by atoms with Gasteiger partial charge in [0.2, 0.25) is 5.91 Å². The van der Waals surface area contributed by atoms with E-state index in [9.17, 15) is 18.4 Å². The summed E-state index contributed by atoms with van der Waals surface area (Å²) in [6, 6.07) is 2.28. The van der Waals surface area contributed by atoms with Gasteiger partial charge in [-0.25, -0.2) is 13.6 Å². The van der Waals surface area contributed by atoms with Gasteiger partial charge >= 0.3 is 11.9 Å². The van der Waals surface area contributed by atoms with Gasteiger partial charge in [-0.15, -0.1) is 11.8 Å². The summed E-state index contributed by atoms with van der Waals surface area (Å²) < 4.78 is 77.6. The van der Waals surface area contributed by atoms with E-state index in [0.717, 1.165) is 12.1 Å². The van der Waals surface area contributed by atoms with Gasteiger partial charge in [0.05, 0.1) is 34.2 Å². The van der Waals surface area contributed by atoms with Crippen molar-refractivity contribution in [1.29, 1.82) is 0 Å². The first-order valence-corrected chi connectivity index (χ1v) is 16.8. The molecule has 3 aliphatic rings. The molecule has 4 atom stereocenters. The predicted molar refractivity (Wildman–Crippen MR) is 175 cm³/mol. The third-order valence-electron chi connectivity index (χ3n) is 9.75. The Morgan fingerprint density at radius 3 is 2.58 bits per heavy atom. The molecule has 2 unspecified atom stereocenters. The Balaban J connectivity index is 1.52. The van der Waals surface area contributed by atoms with Gasteiger partial charge in [-0.2, -0.15) is 23.3 Å². The molecule has 2 fully saturated rings. The lowest BCUT2D eigenvalue weighted by Crippen LogP contribution is -2.58. The van der Waals surface area contributed by atoms with Crippen molar-refractivity contribution < 1.29 is 26.7 Å². The van der Waals surface area contributed by atoms with Gasteiger partial charge in [-0.05, 0) is 44.5 Å². The number of nitrogens with zero attached hydrogens (tertiary/aromatic N) is 7. The quantitative estimate of drug-likeness (QED) is 0.205.